The van der Waals surface area contributed by atoms with Crippen molar-refractivity contribution >= 4 is 28.5 Å². The van der Waals surface area contributed by atoms with Gasteiger partial charge >= 0.3 is 0 Å². The summed E-state index contributed by atoms with van der Waals surface area (Å²) in [6, 6.07) is 15.6. The molecule has 0 saturated carbocycles. The van der Waals surface area contributed by atoms with Crippen LogP contribution in [0.2, 0.25) is 0 Å². The quantitative estimate of drug-likeness (QED) is 0.575. The zero-order valence-corrected chi connectivity index (χ0v) is 14.9. The molecule has 0 fully saturated rings. The molecule has 0 aliphatic heterocycles. The SMILES string of the molecule is CC(C)(O)COc1ccc(SNc2cccc3c(C#N)c[nH]c23)cc1. The van der Waals surface area contributed by atoms with Crippen LogP contribution in [0.25, 0.3) is 10.9 Å². The van der Waals surface area contributed by atoms with E-state index in [9.17, 15) is 5.11 Å². The molecule has 5 nitrogen and oxygen atoms in total. The lowest BCUT2D eigenvalue weighted by Crippen LogP contribution is -2.27. The van der Waals surface area contributed by atoms with Crippen molar-refractivity contribution in [2.75, 3.05) is 11.3 Å². The smallest absolute Gasteiger partial charge is 0.119 e. The molecule has 3 N–H and O–H groups in total. The molecule has 3 rings (SSSR count). The number of fused-ring (bicyclic) bond motifs is 1. The van der Waals surface area contributed by atoms with E-state index in [-0.39, 0.29) is 6.61 Å². The number of rotatable bonds is 6. The summed E-state index contributed by atoms with van der Waals surface area (Å²) in [5, 5.41) is 19.7. The van der Waals surface area contributed by atoms with Gasteiger partial charge in [-0.05, 0) is 56.1 Å². The van der Waals surface area contributed by atoms with E-state index >= 15 is 0 Å². The fourth-order valence-corrected chi connectivity index (χ4v) is 2.98. The Hall–Kier alpha value is -2.62. The average Bonchev–Trinajstić information content (AvgIpc) is 3.02. The Labute approximate surface area is 150 Å². The van der Waals surface area contributed by atoms with Crippen LogP contribution in [-0.4, -0.2) is 22.3 Å². The predicted octanol–water partition coefficient (Wildman–Crippen LogP) is 4.31. The number of nitrogens with zero attached hydrogens (tertiary/aromatic N) is 1. The summed E-state index contributed by atoms with van der Waals surface area (Å²) in [5.74, 6) is 0.719. The number of ether oxygens (including phenoxy) is 1. The van der Waals surface area contributed by atoms with E-state index < -0.39 is 5.60 Å². The monoisotopic (exact) mass is 353 g/mol. The first-order valence-electron chi connectivity index (χ1n) is 7.84. The van der Waals surface area contributed by atoms with Gasteiger partial charge in [0, 0.05) is 16.5 Å². The lowest BCUT2D eigenvalue weighted by Gasteiger charge is -2.17. The predicted molar refractivity (Wildman–Crippen MR) is 101 cm³/mol. The van der Waals surface area contributed by atoms with Crippen molar-refractivity contribution in [3.63, 3.8) is 0 Å². The van der Waals surface area contributed by atoms with E-state index in [1.807, 2.05) is 42.5 Å². The Bertz CT molecular complexity index is 905. The highest BCUT2D eigenvalue weighted by atomic mass is 32.2. The topological polar surface area (TPSA) is 81.1 Å². The first-order chi connectivity index (χ1) is 12.0. The minimum absolute atomic E-state index is 0.244. The van der Waals surface area contributed by atoms with Crippen molar-refractivity contribution in [2.45, 2.75) is 24.3 Å². The van der Waals surface area contributed by atoms with Crippen molar-refractivity contribution in [1.82, 2.24) is 4.98 Å². The maximum atomic E-state index is 9.69. The fourth-order valence-electron chi connectivity index (χ4n) is 2.31. The van der Waals surface area contributed by atoms with Crippen LogP contribution >= 0.6 is 11.9 Å². The van der Waals surface area contributed by atoms with E-state index in [4.69, 9.17) is 10.00 Å². The van der Waals surface area contributed by atoms with Gasteiger partial charge in [-0.2, -0.15) is 5.26 Å². The number of nitriles is 1. The van der Waals surface area contributed by atoms with Crippen molar-refractivity contribution in [2.24, 2.45) is 0 Å². The van der Waals surface area contributed by atoms with Crippen LogP contribution in [0.5, 0.6) is 5.75 Å². The van der Waals surface area contributed by atoms with Gasteiger partial charge in [0.1, 0.15) is 18.4 Å². The summed E-state index contributed by atoms with van der Waals surface area (Å²) in [6.45, 7) is 3.66. The normalized spacial score (nSPS) is 11.3. The molecule has 0 saturated heterocycles. The Morgan fingerprint density at radius 1 is 1.24 bits per heavy atom. The van der Waals surface area contributed by atoms with E-state index in [2.05, 4.69) is 15.8 Å². The average molecular weight is 353 g/mol. The maximum Gasteiger partial charge on any atom is 0.119 e. The summed E-state index contributed by atoms with van der Waals surface area (Å²) in [4.78, 5) is 4.17. The number of aromatic nitrogens is 1. The number of H-pyrrole nitrogens is 1. The van der Waals surface area contributed by atoms with E-state index in [0.717, 1.165) is 27.2 Å². The second kappa shape index (κ2) is 7.09. The molecule has 0 bridgehead atoms. The lowest BCUT2D eigenvalue weighted by molar-refractivity contribution is 0.0285. The minimum Gasteiger partial charge on any atom is -0.491 e. The summed E-state index contributed by atoms with van der Waals surface area (Å²) >= 11 is 1.48. The Morgan fingerprint density at radius 2 is 2.00 bits per heavy atom. The highest BCUT2D eigenvalue weighted by Gasteiger charge is 2.13. The molecule has 0 amide bonds. The fraction of sp³-hybridized carbons (Fsp3) is 0.211. The van der Waals surface area contributed by atoms with Crippen LogP contribution in [0.15, 0.2) is 53.6 Å². The lowest BCUT2D eigenvalue weighted by atomic mass is 10.2. The highest BCUT2D eigenvalue weighted by Crippen LogP contribution is 2.29. The maximum absolute atomic E-state index is 9.69. The molecule has 0 unspecified atom stereocenters. The number of hydrogen-bond acceptors (Lipinski definition) is 5. The van der Waals surface area contributed by atoms with Gasteiger partial charge in [0.25, 0.3) is 0 Å². The van der Waals surface area contributed by atoms with Gasteiger partial charge in [0.05, 0.1) is 22.4 Å². The minimum atomic E-state index is -0.855. The zero-order chi connectivity index (χ0) is 17.9. The molecule has 3 aromatic rings. The Balaban J connectivity index is 1.66. The van der Waals surface area contributed by atoms with Crippen LogP contribution in [-0.2, 0) is 0 Å². The van der Waals surface area contributed by atoms with Crippen LogP contribution < -0.4 is 9.46 Å². The van der Waals surface area contributed by atoms with E-state index in [0.29, 0.717) is 5.56 Å². The third-order valence-electron chi connectivity index (χ3n) is 3.53. The zero-order valence-electron chi connectivity index (χ0n) is 14.0. The second-order valence-corrected chi connectivity index (χ2v) is 7.20. The standard InChI is InChI=1S/C19H19N3O2S/c1-19(2,23)12-24-14-6-8-15(9-7-14)25-22-17-5-3-4-16-13(10-20)11-21-18(16)17/h3-9,11,21-23H,12H2,1-2H3. The first-order valence-corrected chi connectivity index (χ1v) is 8.66. The second-order valence-electron chi connectivity index (χ2n) is 6.32. The molecule has 0 radical (unpaired) electrons. The van der Waals surface area contributed by atoms with Gasteiger partial charge in [0.15, 0.2) is 0 Å². The van der Waals surface area contributed by atoms with Crippen molar-refractivity contribution < 1.29 is 9.84 Å². The van der Waals surface area contributed by atoms with E-state index in [1.54, 1.807) is 20.0 Å². The molecule has 0 aliphatic carbocycles. The molecular weight excluding hydrogens is 334 g/mol. The van der Waals surface area contributed by atoms with Gasteiger partial charge in [0.2, 0.25) is 0 Å². The van der Waals surface area contributed by atoms with Crippen LogP contribution in [0.3, 0.4) is 0 Å². The summed E-state index contributed by atoms with van der Waals surface area (Å²) in [6.07, 6.45) is 1.72. The summed E-state index contributed by atoms with van der Waals surface area (Å²) in [7, 11) is 0. The van der Waals surface area contributed by atoms with Gasteiger partial charge in [-0.1, -0.05) is 12.1 Å². The molecule has 25 heavy (non-hydrogen) atoms. The van der Waals surface area contributed by atoms with Gasteiger partial charge in [-0.3, -0.25) is 0 Å². The number of para-hydroxylation sites is 1. The molecule has 0 aliphatic rings. The molecule has 128 valence electrons. The van der Waals surface area contributed by atoms with Gasteiger partial charge in [-0.25, -0.2) is 0 Å². The number of hydrogen-bond donors (Lipinski definition) is 3. The number of nitrogens with one attached hydrogen (secondary N) is 2. The van der Waals surface area contributed by atoms with Crippen molar-refractivity contribution in [3.05, 3.63) is 54.2 Å². The summed E-state index contributed by atoms with van der Waals surface area (Å²) in [5.41, 5.74) is 1.62. The molecular formula is C19H19N3O2S. The van der Waals surface area contributed by atoms with Crippen LogP contribution in [0, 0.1) is 11.3 Å². The van der Waals surface area contributed by atoms with E-state index in [1.165, 1.54) is 11.9 Å². The van der Waals surface area contributed by atoms with Crippen LogP contribution in [0.1, 0.15) is 19.4 Å². The first kappa shape index (κ1) is 17.2. The highest BCUT2D eigenvalue weighted by molar-refractivity contribution is 8.00. The summed E-state index contributed by atoms with van der Waals surface area (Å²) < 4.78 is 8.86. The molecule has 2 aromatic carbocycles. The third kappa shape index (κ3) is 4.27. The number of benzene rings is 2. The molecule has 1 aromatic heterocycles. The number of aromatic amines is 1. The van der Waals surface area contributed by atoms with Crippen molar-refractivity contribution in [1.29, 1.82) is 5.26 Å². The number of anilines is 1. The Kier molecular flexibility index (Phi) is 4.88. The third-order valence-corrected chi connectivity index (χ3v) is 4.36. The molecule has 0 spiro atoms. The molecule has 1 heterocycles. The largest absolute Gasteiger partial charge is 0.491 e. The van der Waals surface area contributed by atoms with Gasteiger partial charge in [-0.15, -0.1) is 0 Å². The Morgan fingerprint density at radius 3 is 2.68 bits per heavy atom. The number of aliphatic hydroxyl groups is 1. The van der Waals surface area contributed by atoms with Gasteiger partial charge < -0.3 is 19.5 Å². The van der Waals surface area contributed by atoms with Crippen molar-refractivity contribution in [3.8, 4) is 11.8 Å². The van der Waals surface area contributed by atoms with Crippen LogP contribution in [0.4, 0.5) is 5.69 Å². The molecule has 0 atom stereocenters. The molecule has 6 heteroatoms.